The zero-order valence-electron chi connectivity index (χ0n) is 17.2. The van der Waals surface area contributed by atoms with E-state index in [1.165, 1.54) is 25.3 Å². The third-order valence-electron chi connectivity index (χ3n) is 6.96. The first-order chi connectivity index (χ1) is 14.9. The second kappa shape index (κ2) is 7.71. The zero-order valence-corrected chi connectivity index (χ0v) is 17.2. The van der Waals surface area contributed by atoms with Crippen LogP contribution >= 0.6 is 0 Å². The predicted molar refractivity (Wildman–Crippen MR) is 109 cm³/mol. The van der Waals surface area contributed by atoms with Crippen LogP contribution in [0.4, 0.5) is 10.1 Å². The fourth-order valence-electron chi connectivity index (χ4n) is 4.93. The Kier molecular flexibility index (Phi) is 5.00. The van der Waals surface area contributed by atoms with Crippen LogP contribution in [0.3, 0.4) is 0 Å². The number of nitrogens with one attached hydrogen (secondary N) is 1. The van der Waals surface area contributed by atoms with E-state index in [-0.39, 0.29) is 24.0 Å². The van der Waals surface area contributed by atoms with Gasteiger partial charge in [0, 0.05) is 39.1 Å². The van der Waals surface area contributed by atoms with Crippen molar-refractivity contribution in [2.24, 2.45) is 5.92 Å². The minimum Gasteiger partial charge on any atom is -0.367 e. The summed E-state index contributed by atoms with van der Waals surface area (Å²) in [5.41, 5.74) is 0.399. The number of anilines is 1. The van der Waals surface area contributed by atoms with Gasteiger partial charge in [0.2, 0.25) is 11.8 Å². The van der Waals surface area contributed by atoms with Gasteiger partial charge in [0.1, 0.15) is 11.9 Å². The third-order valence-corrected chi connectivity index (χ3v) is 6.96. The summed E-state index contributed by atoms with van der Waals surface area (Å²) >= 11 is 0. The summed E-state index contributed by atoms with van der Waals surface area (Å²) in [6, 6.07) is 1.50. The molecular weight excluding hydrogens is 403 g/mol. The molecule has 5 rings (SSSR count). The molecule has 1 saturated carbocycles. The monoisotopic (exact) mass is 428 g/mol. The molecule has 4 aliphatic rings. The van der Waals surface area contributed by atoms with Crippen molar-refractivity contribution in [2.45, 2.75) is 38.1 Å². The fourth-order valence-corrected chi connectivity index (χ4v) is 4.93. The van der Waals surface area contributed by atoms with Gasteiger partial charge < -0.3 is 4.90 Å². The van der Waals surface area contributed by atoms with Crippen LogP contribution in [-0.4, -0.2) is 72.2 Å². The van der Waals surface area contributed by atoms with E-state index in [2.05, 4.69) is 10.2 Å². The van der Waals surface area contributed by atoms with Gasteiger partial charge in [-0.15, -0.1) is 0 Å². The summed E-state index contributed by atoms with van der Waals surface area (Å²) < 4.78 is 14.9. The number of hydrogen-bond donors (Lipinski definition) is 1. The predicted octanol–water partition coefficient (Wildman–Crippen LogP) is 1.15. The Balaban J connectivity index is 1.33. The summed E-state index contributed by atoms with van der Waals surface area (Å²) in [6.07, 6.45) is 4.02. The molecule has 9 heteroatoms. The number of carbonyl (C=O) groups excluding carboxylic acids is 4. The number of fused-ring (bicyclic) bond motifs is 1. The van der Waals surface area contributed by atoms with Crippen molar-refractivity contribution in [2.75, 3.05) is 37.6 Å². The molecule has 0 spiro atoms. The molecule has 1 aromatic carbocycles. The van der Waals surface area contributed by atoms with Gasteiger partial charge in [-0.05, 0) is 37.3 Å². The molecule has 2 saturated heterocycles. The quantitative estimate of drug-likeness (QED) is 0.724. The van der Waals surface area contributed by atoms with Gasteiger partial charge in [-0.3, -0.25) is 34.3 Å². The van der Waals surface area contributed by atoms with Crippen LogP contribution in [0.1, 0.15) is 52.8 Å². The number of rotatable bonds is 4. The number of amides is 4. The summed E-state index contributed by atoms with van der Waals surface area (Å²) in [4.78, 5) is 54.6. The topological polar surface area (TPSA) is 90.0 Å². The molecule has 4 amide bonds. The maximum Gasteiger partial charge on any atom is 0.262 e. The first-order valence-electron chi connectivity index (χ1n) is 10.9. The van der Waals surface area contributed by atoms with Crippen molar-refractivity contribution in [3.63, 3.8) is 0 Å². The average molecular weight is 428 g/mol. The summed E-state index contributed by atoms with van der Waals surface area (Å²) in [5, 5.41) is 2.16. The van der Waals surface area contributed by atoms with E-state index in [1.807, 2.05) is 4.90 Å². The number of nitrogens with zero attached hydrogens (tertiary/aromatic N) is 3. The van der Waals surface area contributed by atoms with Crippen LogP contribution in [0.2, 0.25) is 0 Å². The average Bonchev–Trinajstić information content (AvgIpc) is 2.95. The van der Waals surface area contributed by atoms with E-state index in [9.17, 15) is 23.6 Å². The maximum atomic E-state index is 14.9. The molecule has 1 aliphatic carbocycles. The molecule has 8 nitrogen and oxygen atoms in total. The van der Waals surface area contributed by atoms with Crippen molar-refractivity contribution < 1.29 is 23.6 Å². The molecule has 1 atom stereocenters. The normalized spacial score (nSPS) is 25.0. The SMILES string of the molecule is O=C1CCC(N2C(=O)c3cc(F)c(N4CCN(CC5CCC5)CC4)cc3C2=O)C(=O)N1. The standard InChI is InChI=1S/C22H25FN4O4/c23-16-10-14-15(22(31)27(21(14)30)17-4-5-19(28)24-20(17)29)11-18(16)26-8-6-25(7-9-26)12-13-2-1-3-13/h10-11,13,17H,1-9,12H2,(H,24,28,29). The highest BCUT2D eigenvalue weighted by Crippen LogP contribution is 2.33. The van der Waals surface area contributed by atoms with E-state index >= 15 is 0 Å². The number of benzene rings is 1. The molecule has 3 fully saturated rings. The molecule has 1 unspecified atom stereocenters. The Labute approximate surface area is 179 Å². The first kappa shape index (κ1) is 20.1. The highest BCUT2D eigenvalue weighted by Gasteiger charge is 2.45. The van der Waals surface area contributed by atoms with Gasteiger partial charge in [-0.2, -0.15) is 0 Å². The van der Waals surface area contributed by atoms with Gasteiger partial charge in [0.25, 0.3) is 11.8 Å². The van der Waals surface area contributed by atoms with Gasteiger partial charge in [0.05, 0.1) is 16.8 Å². The molecule has 0 aromatic heterocycles. The molecule has 1 aromatic rings. The number of carbonyl (C=O) groups is 4. The fraction of sp³-hybridized carbons (Fsp3) is 0.545. The third kappa shape index (κ3) is 3.50. The zero-order chi connectivity index (χ0) is 21.7. The minimum atomic E-state index is -1.05. The van der Waals surface area contributed by atoms with Crippen LogP contribution in [0.15, 0.2) is 12.1 Å². The molecule has 164 valence electrons. The van der Waals surface area contributed by atoms with Gasteiger partial charge in [-0.25, -0.2) is 4.39 Å². The molecule has 0 bridgehead atoms. The molecule has 1 N–H and O–H groups in total. The van der Waals surface area contributed by atoms with Gasteiger partial charge in [-0.1, -0.05) is 6.42 Å². The summed E-state index contributed by atoms with van der Waals surface area (Å²) in [7, 11) is 0. The minimum absolute atomic E-state index is 0.0282. The number of imide groups is 2. The lowest BCUT2D eigenvalue weighted by Crippen LogP contribution is -2.54. The Morgan fingerprint density at radius 1 is 0.935 bits per heavy atom. The number of hydrogen-bond acceptors (Lipinski definition) is 6. The van der Waals surface area contributed by atoms with Crippen LogP contribution in [0, 0.1) is 11.7 Å². The molecule has 0 radical (unpaired) electrons. The first-order valence-corrected chi connectivity index (χ1v) is 10.9. The van der Waals surface area contributed by atoms with Crippen molar-refractivity contribution in [1.82, 2.24) is 15.1 Å². The molecule has 3 heterocycles. The Bertz CT molecular complexity index is 969. The van der Waals surface area contributed by atoms with E-state index in [0.717, 1.165) is 36.5 Å². The lowest BCUT2D eigenvalue weighted by Gasteiger charge is -2.39. The van der Waals surface area contributed by atoms with Crippen LogP contribution in [0.25, 0.3) is 0 Å². The van der Waals surface area contributed by atoms with E-state index < -0.39 is 35.5 Å². The highest BCUT2D eigenvalue weighted by atomic mass is 19.1. The largest absolute Gasteiger partial charge is 0.367 e. The Morgan fingerprint density at radius 2 is 1.61 bits per heavy atom. The van der Waals surface area contributed by atoms with Crippen molar-refractivity contribution in [3.8, 4) is 0 Å². The second-order valence-electron chi connectivity index (χ2n) is 8.88. The number of piperidine rings is 1. The molecular formula is C22H25FN4O4. The second-order valence-corrected chi connectivity index (χ2v) is 8.88. The maximum absolute atomic E-state index is 14.9. The van der Waals surface area contributed by atoms with E-state index in [1.54, 1.807) is 0 Å². The number of halogens is 1. The van der Waals surface area contributed by atoms with Gasteiger partial charge in [0.15, 0.2) is 0 Å². The summed E-state index contributed by atoms with van der Waals surface area (Å²) in [5.74, 6) is -2.16. The van der Waals surface area contributed by atoms with Crippen molar-refractivity contribution in [3.05, 3.63) is 29.1 Å². The highest BCUT2D eigenvalue weighted by molar-refractivity contribution is 6.23. The van der Waals surface area contributed by atoms with Crippen LogP contribution in [-0.2, 0) is 9.59 Å². The van der Waals surface area contributed by atoms with E-state index in [0.29, 0.717) is 18.8 Å². The van der Waals surface area contributed by atoms with Gasteiger partial charge >= 0.3 is 0 Å². The smallest absolute Gasteiger partial charge is 0.262 e. The lowest BCUT2D eigenvalue weighted by atomic mass is 9.85. The molecule has 3 aliphatic heterocycles. The Hall–Kier alpha value is -2.81. The Morgan fingerprint density at radius 3 is 2.23 bits per heavy atom. The van der Waals surface area contributed by atoms with Crippen molar-refractivity contribution in [1.29, 1.82) is 0 Å². The van der Waals surface area contributed by atoms with Crippen LogP contribution in [0.5, 0.6) is 0 Å². The summed E-state index contributed by atoms with van der Waals surface area (Å²) in [6.45, 7) is 4.07. The lowest BCUT2D eigenvalue weighted by molar-refractivity contribution is -0.136. The van der Waals surface area contributed by atoms with Crippen LogP contribution < -0.4 is 10.2 Å². The number of piperazine rings is 1. The van der Waals surface area contributed by atoms with Crippen molar-refractivity contribution >= 4 is 29.3 Å². The molecule has 31 heavy (non-hydrogen) atoms. The van der Waals surface area contributed by atoms with E-state index in [4.69, 9.17) is 0 Å².